The van der Waals surface area contributed by atoms with Gasteiger partial charge in [-0.3, -0.25) is 9.59 Å². The largest absolute Gasteiger partial charge is 0.497 e. The summed E-state index contributed by atoms with van der Waals surface area (Å²) in [6.45, 7) is 0.884. The van der Waals surface area contributed by atoms with E-state index in [1.165, 1.54) is 12.3 Å². The molecule has 0 unspecified atom stereocenters. The van der Waals surface area contributed by atoms with Crippen LogP contribution in [0.2, 0.25) is 0 Å². The molecule has 0 spiro atoms. The highest BCUT2D eigenvalue weighted by molar-refractivity contribution is 5.81. The van der Waals surface area contributed by atoms with E-state index in [0.29, 0.717) is 24.5 Å². The Morgan fingerprint density at radius 1 is 1.21 bits per heavy atom. The molecular weight excluding hydrogens is 372 g/mol. The van der Waals surface area contributed by atoms with Crippen LogP contribution >= 0.6 is 0 Å². The van der Waals surface area contributed by atoms with Gasteiger partial charge in [0.2, 0.25) is 5.91 Å². The Labute approximate surface area is 166 Å². The number of hydrogen-bond acceptors (Lipinski definition) is 5. The molecule has 4 aromatic rings. The van der Waals surface area contributed by atoms with E-state index in [2.05, 4.69) is 15.0 Å². The fourth-order valence-electron chi connectivity index (χ4n) is 3.13. The van der Waals surface area contributed by atoms with Gasteiger partial charge in [0, 0.05) is 36.3 Å². The minimum absolute atomic E-state index is 0.156. The third-order valence-electron chi connectivity index (χ3n) is 4.59. The number of carbonyl (C=O) groups is 1. The monoisotopic (exact) mass is 392 g/mol. The number of aromatic nitrogens is 3. The van der Waals surface area contributed by atoms with Gasteiger partial charge in [0.1, 0.15) is 18.0 Å². The van der Waals surface area contributed by atoms with Gasteiger partial charge in [-0.25, -0.2) is 4.68 Å². The lowest BCUT2D eigenvalue weighted by Crippen LogP contribution is -2.35. The van der Waals surface area contributed by atoms with Gasteiger partial charge in [-0.05, 0) is 42.5 Å². The molecule has 29 heavy (non-hydrogen) atoms. The molecular formula is C21H20N4O4. The van der Waals surface area contributed by atoms with Crippen LogP contribution in [0.4, 0.5) is 0 Å². The first-order chi connectivity index (χ1) is 14.1. The van der Waals surface area contributed by atoms with Crippen molar-refractivity contribution < 1.29 is 13.9 Å². The fraction of sp³-hybridized carbons (Fsp3) is 0.190. The van der Waals surface area contributed by atoms with Crippen molar-refractivity contribution in [1.29, 1.82) is 0 Å². The minimum Gasteiger partial charge on any atom is -0.497 e. The van der Waals surface area contributed by atoms with Crippen molar-refractivity contribution in [3.05, 3.63) is 71.3 Å². The Hall–Kier alpha value is -3.81. The smallest absolute Gasteiger partial charge is 0.267 e. The van der Waals surface area contributed by atoms with Crippen molar-refractivity contribution in [3.63, 3.8) is 0 Å². The quantitative estimate of drug-likeness (QED) is 0.521. The lowest BCUT2D eigenvalue weighted by Gasteiger charge is -2.09. The SMILES string of the molecule is COc1ccc2c(ccn2CCNC(=O)Cn2nc(-c3ccco3)ccc2=O)c1. The first-order valence-electron chi connectivity index (χ1n) is 9.16. The number of nitrogens with zero attached hydrogens (tertiary/aromatic N) is 3. The molecule has 1 N–H and O–H groups in total. The number of furan rings is 1. The number of carbonyl (C=O) groups excluding carboxylic acids is 1. The predicted molar refractivity (Wildman–Crippen MR) is 108 cm³/mol. The van der Waals surface area contributed by atoms with Gasteiger partial charge >= 0.3 is 0 Å². The van der Waals surface area contributed by atoms with E-state index in [1.54, 1.807) is 25.3 Å². The molecule has 4 rings (SSSR count). The third kappa shape index (κ3) is 4.06. The highest BCUT2D eigenvalue weighted by Crippen LogP contribution is 2.21. The van der Waals surface area contributed by atoms with E-state index in [4.69, 9.17) is 9.15 Å². The Morgan fingerprint density at radius 2 is 2.10 bits per heavy atom. The maximum Gasteiger partial charge on any atom is 0.267 e. The van der Waals surface area contributed by atoms with Crippen molar-refractivity contribution in [2.24, 2.45) is 0 Å². The molecule has 1 amide bonds. The van der Waals surface area contributed by atoms with Crippen LogP contribution in [0.1, 0.15) is 0 Å². The number of ether oxygens (including phenoxy) is 1. The van der Waals surface area contributed by atoms with Crippen molar-refractivity contribution >= 4 is 16.8 Å². The average molecular weight is 392 g/mol. The number of benzene rings is 1. The predicted octanol–water partition coefficient (Wildman–Crippen LogP) is 2.28. The summed E-state index contributed by atoms with van der Waals surface area (Å²) >= 11 is 0. The molecule has 3 heterocycles. The number of amides is 1. The van der Waals surface area contributed by atoms with Crippen molar-refractivity contribution in [2.45, 2.75) is 13.1 Å². The summed E-state index contributed by atoms with van der Waals surface area (Å²) in [5.74, 6) is 1.06. The Balaban J connectivity index is 1.37. The molecule has 1 aromatic carbocycles. The van der Waals surface area contributed by atoms with Gasteiger partial charge < -0.3 is 19.0 Å². The fourth-order valence-corrected chi connectivity index (χ4v) is 3.13. The summed E-state index contributed by atoms with van der Waals surface area (Å²) in [5.41, 5.74) is 1.21. The summed E-state index contributed by atoms with van der Waals surface area (Å²) in [4.78, 5) is 24.3. The molecule has 8 heteroatoms. The van der Waals surface area contributed by atoms with E-state index in [0.717, 1.165) is 21.3 Å². The van der Waals surface area contributed by atoms with Crippen LogP contribution in [-0.2, 0) is 17.9 Å². The maximum absolute atomic E-state index is 12.3. The standard InChI is InChI=1S/C21H20N4O4/c1-28-16-4-6-18-15(13-16)8-10-24(18)11-9-22-20(26)14-25-21(27)7-5-17(23-25)19-3-2-12-29-19/h2-8,10,12-13H,9,11,14H2,1H3,(H,22,26). The number of nitrogens with one attached hydrogen (secondary N) is 1. The highest BCUT2D eigenvalue weighted by atomic mass is 16.5. The van der Waals surface area contributed by atoms with Crippen LogP contribution in [0.15, 0.2) is 70.2 Å². The lowest BCUT2D eigenvalue weighted by atomic mass is 10.2. The van der Waals surface area contributed by atoms with E-state index in [-0.39, 0.29) is 18.0 Å². The van der Waals surface area contributed by atoms with Crippen LogP contribution in [0.25, 0.3) is 22.4 Å². The second-order valence-electron chi connectivity index (χ2n) is 6.48. The molecule has 0 aliphatic heterocycles. The lowest BCUT2D eigenvalue weighted by molar-refractivity contribution is -0.121. The molecule has 0 saturated heterocycles. The number of methoxy groups -OCH3 is 1. The van der Waals surface area contributed by atoms with Gasteiger partial charge in [0.05, 0.1) is 13.4 Å². The van der Waals surface area contributed by atoms with Gasteiger partial charge in [-0.15, -0.1) is 0 Å². The number of hydrogen-bond donors (Lipinski definition) is 1. The molecule has 0 atom stereocenters. The van der Waals surface area contributed by atoms with Crippen LogP contribution < -0.4 is 15.6 Å². The van der Waals surface area contributed by atoms with E-state index < -0.39 is 0 Å². The summed E-state index contributed by atoms with van der Waals surface area (Å²) < 4.78 is 13.7. The van der Waals surface area contributed by atoms with Gasteiger partial charge in [-0.1, -0.05) is 0 Å². The number of fused-ring (bicyclic) bond motifs is 1. The number of rotatable bonds is 7. The van der Waals surface area contributed by atoms with Crippen LogP contribution in [-0.4, -0.2) is 33.9 Å². The van der Waals surface area contributed by atoms with Crippen LogP contribution in [0.5, 0.6) is 5.75 Å². The maximum atomic E-state index is 12.3. The minimum atomic E-state index is -0.346. The van der Waals surface area contributed by atoms with E-state index in [9.17, 15) is 9.59 Å². The summed E-state index contributed by atoms with van der Waals surface area (Å²) in [7, 11) is 1.64. The molecule has 0 fully saturated rings. The molecule has 3 aromatic heterocycles. The topological polar surface area (TPSA) is 91.3 Å². The van der Waals surface area contributed by atoms with Crippen molar-refractivity contribution in [3.8, 4) is 17.2 Å². The summed E-state index contributed by atoms with van der Waals surface area (Å²) in [6, 6.07) is 14.3. The van der Waals surface area contributed by atoms with Crippen molar-refractivity contribution in [2.75, 3.05) is 13.7 Å². The zero-order valence-electron chi connectivity index (χ0n) is 15.9. The Kier molecular flexibility index (Phi) is 5.15. The third-order valence-corrected chi connectivity index (χ3v) is 4.59. The Bertz CT molecular complexity index is 1190. The molecule has 0 radical (unpaired) electrons. The van der Waals surface area contributed by atoms with Crippen molar-refractivity contribution in [1.82, 2.24) is 19.7 Å². The van der Waals surface area contributed by atoms with Crippen LogP contribution in [0.3, 0.4) is 0 Å². The van der Waals surface area contributed by atoms with Crippen LogP contribution in [0, 0.1) is 0 Å². The summed E-state index contributed by atoms with van der Waals surface area (Å²) in [5, 5.41) is 8.10. The first kappa shape index (κ1) is 18.5. The second-order valence-corrected chi connectivity index (χ2v) is 6.48. The Morgan fingerprint density at radius 3 is 2.90 bits per heavy atom. The average Bonchev–Trinajstić information content (AvgIpc) is 3.39. The van der Waals surface area contributed by atoms with E-state index in [1.807, 2.05) is 30.5 Å². The molecule has 0 bridgehead atoms. The molecule has 0 saturated carbocycles. The zero-order valence-corrected chi connectivity index (χ0v) is 15.9. The zero-order chi connectivity index (χ0) is 20.2. The second kappa shape index (κ2) is 8.05. The molecule has 0 aliphatic rings. The molecule has 148 valence electrons. The molecule has 0 aliphatic carbocycles. The first-order valence-corrected chi connectivity index (χ1v) is 9.16. The summed E-state index contributed by atoms with van der Waals surface area (Å²) in [6.07, 6.45) is 3.50. The van der Waals surface area contributed by atoms with Gasteiger partial charge in [0.15, 0.2) is 5.76 Å². The normalized spacial score (nSPS) is 10.9. The molecule has 8 nitrogen and oxygen atoms in total. The highest BCUT2D eigenvalue weighted by Gasteiger charge is 2.09. The van der Waals surface area contributed by atoms with Gasteiger partial charge in [0.25, 0.3) is 5.56 Å². The van der Waals surface area contributed by atoms with Gasteiger partial charge in [-0.2, -0.15) is 5.10 Å². The van der Waals surface area contributed by atoms with E-state index >= 15 is 0 Å².